The van der Waals surface area contributed by atoms with Crippen molar-refractivity contribution in [2.24, 2.45) is 0 Å². The molecule has 0 radical (unpaired) electrons. The van der Waals surface area contributed by atoms with E-state index in [-0.39, 0.29) is 6.61 Å². The molecule has 2 aromatic rings. The Morgan fingerprint density at radius 1 is 1.18 bits per heavy atom. The standard InChI is InChI=1S/C17H17Cl2NO2/c18-13-5-6-17(15(19)9-13)22-11-14(21)10-20-8-7-12-3-1-2-4-16(12)20/h1-6,9,14,21H,7-8,10-11H2. The lowest BCUT2D eigenvalue weighted by Gasteiger charge is -2.23. The average Bonchev–Trinajstić information content (AvgIpc) is 2.90. The maximum atomic E-state index is 10.2. The molecule has 0 aromatic heterocycles. The van der Waals surface area contributed by atoms with E-state index in [9.17, 15) is 5.11 Å². The summed E-state index contributed by atoms with van der Waals surface area (Å²) < 4.78 is 5.58. The highest BCUT2D eigenvalue weighted by Gasteiger charge is 2.21. The van der Waals surface area contributed by atoms with Gasteiger partial charge >= 0.3 is 0 Å². The van der Waals surface area contributed by atoms with Crippen LogP contribution in [-0.2, 0) is 6.42 Å². The van der Waals surface area contributed by atoms with Crippen LogP contribution in [0.15, 0.2) is 42.5 Å². The first-order valence-electron chi connectivity index (χ1n) is 7.22. The molecule has 5 heteroatoms. The van der Waals surface area contributed by atoms with Gasteiger partial charge in [-0.3, -0.25) is 0 Å². The van der Waals surface area contributed by atoms with Gasteiger partial charge in [0.25, 0.3) is 0 Å². The van der Waals surface area contributed by atoms with Crippen molar-refractivity contribution in [2.45, 2.75) is 12.5 Å². The molecular weight excluding hydrogens is 321 g/mol. The second-order valence-electron chi connectivity index (χ2n) is 5.36. The van der Waals surface area contributed by atoms with Gasteiger partial charge in [-0.15, -0.1) is 0 Å². The number of halogens is 2. The van der Waals surface area contributed by atoms with E-state index >= 15 is 0 Å². The summed E-state index contributed by atoms with van der Waals surface area (Å²) >= 11 is 11.9. The fraction of sp³-hybridized carbons (Fsp3) is 0.294. The zero-order chi connectivity index (χ0) is 15.5. The lowest BCUT2D eigenvalue weighted by Crippen LogP contribution is -2.34. The van der Waals surface area contributed by atoms with Gasteiger partial charge in [-0.2, -0.15) is 0 Å². The van der Waals surface area contributed by atoms with Crippen LogP contribution < -0.4 is 9.64 Å². The van der Waals surface area contributed by atoms with Gasteiger partial charge in [0.1, 0.15) is 18.5 Å². The number of hydrogen-bond donors (Lipinski definition) is 1. The molecule has 1 N–H and O–H groups in total. The van der Waals surface area contributed by atoms with E-state index in [0.29, 0.717) is 22.3 Å². The number of para-hydroxylation sites is 1. The monoisotopic (exact) mass is 337 g/mol. The predicted molar refractivity (Wildman–Crippen MR) is 90.3 cm³/mol. The molecule has 1 atom stereocenters. The molecule has 0 aliphatic carbocycles. The van der Waals surface area contributed by atoms with E-state index in [4.69, 9.17) is 27.9 Å². The van der Waals surface area contributed by atoms with Crippen LogP contribution in [0.2, 0.25) is 10.0 Å². The van der Waals surface area contributed by atoms with Crippen molar-refractivity contribution in [3.05, 3.63) is 58.1 Å². The molecular formula is C17H17Cl2NO2. The molecule has 116 valence electrons. The fourth-order valence-electron chi connectivity index (χ4n) is 2.68. The van der Waals surface area contributed by atoms with Crippen LogP contribution in [0, 0.1) is 0 Å². The number of anilines is 1. The zero-order valence-corrected chi connectivity index (χ0v) is 13.5. The Balaban J connectivity index is 1.56. The topological polar surface area (TPSA) is 32.7 Å². The molecule has 0 fully saturated rings. The molecule has 0 saturated carbocycles. The highest BCUT2D eigenvalue weighted by atomic mass is 35.5. The summed E-state index contributed by atoms with van der Waals surface area (Å²) in [7, 11) is 0. The maximum Gasteiger partial charge on any atom is 0.138 e. The summed E-state index contributed by atoms with van der Waals surface area (Å²) in [6.07, 6.45) is 0.435. The fourth-order valence-corrected chi connectivity index (χ4v) is 3.14. The largest absolute Gasteiger partial charge is 0.489 e. The second kappa shape index (κ2) is 6.78. The van der Waals surface area contributed by atoms with Gasteiger partial charge in [0.15, 0.2) is 0 Å². The number of fused-ring (bicyclic) bond motifs is 1. The Morgan fingerprint density at radius 3 is 2.82 bits per heavy atom. The summed E-state index contributed by atoms with van der Waals surface area (Å²) in [5.41, 5.74) is 2.53. The van der Waals surface area contributed by atoms with Crippen molar-refractivity contribution < 1.29 is 9.84 Å². The quantitative estimate of drug-likeness (QED) is 0.900. The van der Waals surface area contributed by atoms with Crippen LogP contribution in [0.1, 0.15) is 5.56 Å². The Morgan fingerprint density at radius 2 is 2.00 bits per heavy atom. The summed E-state index contributed by atoms with van der Waals surface area (Å²) in [5.74, 6) is 0.534. The van der Waals surface area contributed by atoms with Gasteiger partial charge in [-0.05, 0) is 36.2 Å². The maximum absolute atomic E-state index is 10.2. The highest BCUT2D eigenvalue weighted by molar-refractivity contribution is 6.35. The summed E-state index contributed by atoms with van der Waals surface area (Å²) in [6, 6.07) is 13.3. The van der Waals surface area contributed by atoms with E-state index in [1.54, 1.807) is 18.2 Å². The Kier molecular flexibility index (Phi) is 4.77. The van der Waals surface area contributed by atoms with Crippen molar-refractivity contribution in [1.29, 1.82) is 0 Å². The molecule has 0 amide bonds. The van der Waals surface area contributed by atoms with Gasteiger partial charge in [-0.25, -0.2) is 0 Å². The zero-order valence-electron chi connectivity index (χ0n) is 12.0. The van der Waals surface area contributed by atoms with Crippen LogP contribution in [0.25, 0.3) is 0 Å². The number of aliphatic hydroxyl groups excluding tert-OH is 1. The van der Waals surface area contributed by atoms with E-state index < -0.39 is 6.10 Å². The van der Waals surface area contributed by atoms with Crippen molar-refractivity contribution >= 4 is 28.9 Å². The van der Waals surface area contributed by atoms with Gasteiger partial charge in [-0.1, -0.05) is 41.4 Å². The number of hydrogen-bond acceptors (Lipinski definition) is 3. The molecule has 0 bridgehead atoms. The smallest absolute Gasteiger partial charge is 0.138 e. The van der Waals surface area contributed by atoms with E-state index in [1.165, 1.54) is 11.3 Å². The Hall–Kier alpha value is -1.42. The number of rotatable bonds is 5. The third-order valence-electron chi connectivity index (χ3n) is 3.74. The molecule has 1 aliphatic rings. The molecule has 1 unspecified atom stereocenters. The number of aliphatic hydroxyl groups is 1. The van der Waals surface area contributed by atoms with Crippen LogP contribution in [0.4, 0.5) is 5.69 Å². The van der Waals surface area contributed by atoms with Gasteiger partial charge in [0.2, 0.25) is 0 Å². The first kappa shape index (κ1) is 15.5. The lowest BCUT2D eigenvalue weighted by molar-refractivity contribution is 0.112. The van der Waals surface area contributed by atoms with Crippen molar-refractivity contribution in [3.8, 4) is 5.75 Å². The Bertz CT molecular complexity index is 663. The van der Waals surface area contributed by atoms with Crippen molar-refractivity contribution in [1.82, 2.24) is 0 Å². The van der Waals surface area contributed by atoms with Crippen molar-refractivity contribution in [2.75, 3.05) is 24.6 Å². The van der Waals surface area contributed by atoms with Crippen LogP contribution in [-0.4, -0.2) is 30.9 Å². The molecule has 1 aliphatic heterocycles. The van der Waals surface area contributed by atoms with Crippen LogP contribution >= 0.6 is 23.2 Å². The summed E-state index contributed by atoms with van der Waals surface area (Å²) in [5, 5.41) is 11.2. The van der Waals surface area contributed by atoms with Gasteiger partial charge < -0.3 is 14.7 Å². The van der Waals surface area contributed by atoms with E-state index in [1.807, 2.05) is 12.1 Å². The molecule has 3 nitrogen and oxygen atoms in total. The summed E-state index contributed by atoms with van der Waals surface area (Å²) in [4.78, 5) is 2.19. The molecule has 22 heavy (non-hydrogen) atoms. The number of benzene rings is 2. The SMILES string of the molecule is OC(COc1ccc(Cl)cc1Cl)CN1CCc2ccccc21. The molecule has 0 spiro atoms. The lowest BCUT2D eigenvalue weighted by atomic mass is 10.2. The molecule has 3 rings (SSSR count). The first-order valence-corrected chi connectivity index (χ1v) is 7.98. The third kappa shape index (κ3) is 3.49. The highest BCUT2D eigenvalue weighted by Crippen LogP contribution is 2.29. The number of β-amino-alcohol motifs (C(OH)–C–C–N with tert-alkyl or cyclic N) is 1. The normalized spacial score (nSPS) is 14.8. The molecule has 2 aromatic carbocycles. The van der Waals surface area contributed by atoms with E-state index in [0.717, 1.165) is 13.0 Å². The molecule has 1 heterocycles. The minimum absolute atomic E-state index is 0.194. The minimum Gasteiger partial charge on any atom is -0.489 e. The summed E-state index contributed by atoms with van der Waals surface area (Å²) in [6.45, 7) is 1.67. The van der Waals surface area contributed by atoms with Crippen LogP contribution in [0.5, 0.6) is 5.75 Å². The third-order valence-corrected chi connectivity index (χ3v) is 4.27. The van der Waals surface area contributed by atoms with Crippen LogP contribution in [0.3, 0.4) is 0 Å². The van der Waals surface area contributed by atoms with E-state index in [2.05, 4.69) is 17.0 Å². The number of nitrogens with zero attached hydrogens (tertiary/aromatic N) is 1. The van der Waals surface area contributed by atoms with Gasteiger partial charge in [0, 0.05) is 23.8 Å². The second-order valence-corrected chi connectivity index (χ2v) is 6.21. The molecule has 0 saturated heterocycles. The van der Waals surface area contributed by atoms with Crippen molar-refractivity contribution in [3.63, 3.8) is 0 Å². The Labute approximate surface area is 140 Å². The predicted octanol–water partition coefficient (Wildman–Crippen LogP) is 3.80. The first-order chi connectivity index (χ1) is 10.6. The minimum atomic E-state index is -0.585. The number of ether oxygens (including phenoxy) is 1. The van der Waals surface area contributed by atoms with Gasteiger partial charge in [0.05, 0.1) is 5.02 Å². The average molecular weight is 338 g/mol.